The summed E-state index contributed by atoms with van der Waals surface area (Å²) >= 11 is 0. The van der Waals surface area contributed by atoms with Crippen LogP contribution in [0.25, 0.3) is 11.1 Å². The third-order valence-electron chi connectivity index (χ3n) is 6.51. The third-order valence-corrected chi connectivity index (χ3v) is 6.51. The van der Waals surface area contributed by atoms with Crippen LogP contribution >= 0.6 is 0 Å². The summed E-state index contributed by atoms with van der Waals surface area (Å²) in [4.78, 5) is 36.2. The lowest BCUT2D eigenvalue weighted by atomic mass is 9.86. The average Bonchev–Trinajstić information content (AvgIpc) is 3.48. The first-order valence-corrected chi connectivity index (χ1v) is 11.3. The molecule has 7 heteroatoms. The summed E-state index contributed by atoms with van der Waals surface area (Å²) in [5.41, 5.74) is 4.05. The zero-order valence-corrected chi connectivity index (χ0v) is 19.1. The fraction of sp³-hybridized carbons (Fsp3) is 0.423. The third kappa shape index (κ3) is 4.87. The second-order valence-electron chi connectivity index (χ2n) is 9.95. The molecule has 1 saturated carbocycles. The van der Waals surface area contributed by atoms with Crippen LogP contribution in [0.2, 0.25) is 0 Å². The van der Waals surface area contributed by atoms with Crippen molar-refractivity contribution in [1.82, 2.24) is 10.6 Å². The van der Waals surface area contributed by atoms with Gasteiger partial charge in [0.05, 0.1) is 0 Å². The molecule has 3 atom stereocenters. The van der Waals surface area contributed by atoms with Crippen molar-refractivity contribution in [2.24, 2.45) is 17.3 Å². The molecular weight excluding hydrogens is 420 g/mol. The number of amides is 2. The van der Waals surface area contributed by atoms with E-state index in [0.29, 0.717) is 13.0 Å². The van der Waals surface area contributed by atoms with Gasteiger partial charge in [0.15, 0.2) is 0 Å². The monoisotopic (exact) mass is 450 g/mol. The van der Waals surface area contributed by atoms with Crippen LogP contribution in [0.1, 0.15) is 44.2 Å². The van der Waals surface area contributed by atoms with Crippen molar-refractivity contribution in [2.75, 3.05) is 13.2 Å². The Balaban J connectivity index is 1.26. The second kappa shape index (κ2) is 8.89. The summed E-state index contributed by atoms with van der Waals surface area (Å²) in [5, 5.41) is 14.8. The number of aliphatic carboxylic acids is 1. The first-order valence-electron chi connectivity index (χ1n) is 11.3. The molecule has 2 aliphatic carbocycles. The molecule has 2 aromatic carbocycles. The number of nitrogens with one attached hydrogen (secondary N) is 2. The van der Waals surface area contributed by atoms with E-state index in [9.17, 15) is 19.5 Å². The number of carbonyl (C=O) groups excluding carboxylic acids is 2. The normalized spacial score (nSPS) is 19.7. The molecule has 7 nitrogen and oxygen atoms in total. The number of carbonyl (C=O) groups is 3. The number of fused-ring (bicyclic) bond motifs is 3. The van der Waals surface area contributed by atoms with Crippen molar-refractivity contribution in [3.05, 3.63) is 59.7 Å². The van der Waals surface area contributed by atoms with Gasteiger partial charge in [-0.1, -0.05) is 69.3 Å². The summed E-state index contributed by atoms with van der Waals surface area (Å²) in [7, 11) is 0. The molecule has 2 aliphatic rings. The molecule has 3 N–H and O–H groups in total. The van der Waals surface area contributed by atoms with Gasteiger partial charge in [0, 0.05) is 18.4 Å². The van der Waals surface area contributed by atoms with E-state index in [1.165, 1.54) is 11.1 Å². The molecule has 0 spiro atoms. The van der Waals surface area contributed by atoms with Crippen LogP contribution in [0.3, 0.4) is 0 Å². The minimum Gasteiger partial charge on any atom is -0.480 e. The number of hydrogen-bond donors (Lipinski definition) is 3. The van der Waals surface area contributed by atoms with Gasteiger partial charge in [0.25, 0.3) is 0 Å². The molecule has 174 valence electrons. The van der Waals surface area contributed by atoms with E-state index >= 15 is 0 Å². The minimum absolute atomic E-state index is 0.00653. The number of alkyl carbamates (subject to hydrolysis) is 1. The summed E-state index contributed by atoms with van der Waals surface area (Å²) in [6.45, 7) is 5.88. The molecule has 0 heterocycles. The highest BCUT2D eigenvalue weighted by Crippen LogP contribution is 2.44. The maximum Gasteiger partial charge on any atom is 0.407 e. The van der Waals surface area contributed by atoms with Crippen molar-refractivity contribution in [3.8, 4) is 11.1 Å². The van der Waals surface area contributed by atoms with E-state index in [-0.39, 0.29) is 30.3 Å². The van der Waals surface area contributed by atoms with Gasteiger partial charge in [-0.3, -0.25) is 4.79 Å². The highest BCUT2D eigenvalue weighted by molar-refractivity contribution is 5.87. The Bertz CT molecular complexity index is 1030. The lowest BCUT2D eigenvalue weighted by Crippen LogP contribution is -2.49. The Labute approximate surface area is 193 Å². The van der Waals surface area contributed by atoms with Gasteiger partial charge in [-0.25, -0.2) is 9.59 Å². The lowest BCUT2D eigenvalue weighted by molar-refractivity contribution is -0.145. The molecule has 0 aromatic heterocycles. The maximum absolute atomic E-state index is 12.4. The number of hydrogen-bond acceptors (Lipinski definition) is 4. The van der Waals surface area contributed by atoms with Crippen molar-refractivity contribution in [1.29, 1.82) is 0 Å². The fourth-order valence-corrected chi connectivity index (χ4v) is 4.56. The van der Waals surface area contributed by atoms with Gasteiger partial charge in [0.2, 0.25) is 5.91 Å². The number of benzene rings is 2. The number of ether oxygens (including phenoxy) is 1. The molecule has 2 amide bonds. The molecule has 1 fully saturated rings. The van der Waals surface area contributed by atoms with Crippen LogP contribution in [0, 0.1) is 17.3 Å². The molecule has 4 rings (SSSR count). The van der Waals surface area contributed by atoms with Crippen molar-refractivity contribution in [2.45, 2.75) is 39.2 Å². The number of carboxylic acids is 1. The predicted octanol–water partition coefficient (Wildman–Crippen LogP) is 3.78. The zero-order chi connectivity index (χ0) is 23.8. The Morgan fingerprint density at radius 1 is 1.03 bits per heavy atom. The molecule has 0 aliphatic heterocycles. The Kier molecular flexibility index (Phi) is 6.15. The highest BCUT2D eigenvalue weighted by Gasteiger charge is 2.45. The van der Waals surface area contributed by atoms with E-state index in [1.807, 2.05) is 24.3 Å². The molecular formula is C26H30N2O5. The van der Waals surface area contributed by atoms with Gasteiger partial charge >= 0.3 is 12.1 Å². The van der Waals surface area contributed by atoms with E-state index in [0.717, 1.165) is 11.1 Å². The highest BCUT2D eigenvalue weighted by atomic mass is 16.5. The quantitative estimate of drug-likeness (QED) is 0.596. The summed E-state index contributed by atoms with van der Waals surface area (Å²) in [6, 6.07) is 15.3. The van der Waals surface area contributed by atoms with Crippen LogP contribution in [-0.2, 0) is 14.3 Å². The fourth-order valence-electron chi connectivity index (χ4n) is 4.56. The van der Waals surface area contributed by atoms with Gasteiger partial charge in [-0.15, -0.1) is 0 Å². The van der Waals surface area contributed by atoms with E-state index in [1.54, 1.807) is 20.8 Å². The van der Waals surface area contributed by atoms with E-state index in [4.69, 9.17) is 4.74 Å². The van der Waals surface area contributed by atoms with Gasteiger partial charge in [-0.05, 0) is 40.0 Å². The molecule has 0 saturated heterocycles. The first-order chi connectivity index (χ1) is 15.7. The van der Waals surface area contributed by atoms with Crippen LogP contribution in [0.5, 0.6) is 0 Å². The summed E-state index contributed by atoms with van der Waals surface area (Å²) in [6.07, 6.45) is 0.104. The number of carboxylic acid groups (broad SMARTS) is 1. The van der Waals surface area contributed by atoms with Crippen molar-refractivity contribution < 1.29 is 24.2 Å². The molecule has 33 heavy (non-hydrogen) atoms. The van der Waals surface area contributed by atoms with Crippen molar-refractivity contribution >= 4 is 18.0 Å². The van der Waals surface area contributed by atoms with E-state index in [2.05, 4.69) is 34.9 Å². The van der Waals surface area contributed by atoms with Gasteiger partial charge < -0.3 is 20.5 Å². The topological polar surface area (TPSA) is 105 Å². The molecule has 2 aromatic rings. The average molecular weight is 451 g/mol. The zero-order valence-electron chi connectivity index (χ0n) is 19.1. The summed E-state index contributed by atoms with van der Waals surface area (Å²) in [5.74, 6) is -1.64. The number of rotatable bonds is 7. The van der Waals surface area contributed by atoms with Crippen LogP contribution in [0.4, 0.5) is 4.79 Å². The van der Waals surface area contributed by atoms with Crippen molar-refractivity contribution in [3.63, 3.8) is 0 Å². The first kappa shape index (κ1) is 22.8. The Morgan fingerprint density at radius 3 is 2.15 bits per heavy atom. The SMILES string of the molecule is CC(C)(C)[C@H](NC(=O)C1CC1CNC(=O)OCC1c2ccccc2-c2ccccc21)C(=O)O. The smallest absolute Gasteiger partial charge is 0.407 e. The largest absolute Gasteiger partial charge is 0.480 e. The van der Waals surface area contributed by atoms with Crippen LogP contribution in [0.15, 0.2) is 48.5 Å². The van der Waals surface area contributed by atoms with Crippen LogP contribution < -0.4 is 10.6 Å². The Morgan fingerprint density at radius 2 is 1.61 bits per heavy atom. The molecule has 0 radical (unpaired) electrons. The van der Waals surface area contributed by atoms with E-state index < -0.39 is 23.5 Å². The summed E-state index contributed by atoms with van der Waals surface area (Å²) < 4.78 is 5.53. The van der Waals surface area contributed by atoms with Gasteiger partial charge in [0.1, 0.15) is 12.6 Å². The van der Waals surface area contributed by atoms with Gasteiger partial charge in [-0.2, -0.15) is 0 Å². The molecule has 0 bridgehead atoms. The predicted molar refractivity (Wildman–Crippen MR) is 124 cm³/mol. The lowest BCUT2D eigenvalue weighted by Gasteiger charge is -2.27. The standard InChI is InChI=1S/C26H30N2O5/c1-26(2,3)22(24(30)31)28-23(29)20-12-15(20)13-27-25(32)33-14-21-18-10-6-4-8-16(18)17-9-5-7-11-19(17)21/h4-11,15,20-22H,12-14H2,1-3H3,(H,27,32)(H,28,29)(H,30,31)/t15?,20?,22-/m1/s1. The maximum atomic E-state index is 12.4. The minimum atomic E-state index is -1.05. The Hall–Kier alpha value is -3.35. The molecule has 2 unspecified atom stereocenters. The second-order valence-corrected chi connectivity index (χ2v) is 9.95. The van der Waals surface area contributed by atoms with Crippen LogP contribution in [-0.4, -0.2) is 42.3 Å².